The Hall–Kier alpha value is -1.12. The average Bonchev–Trinajstić information content (AvgIpc) is 2.54. The number of allylic oxidation sites excluding steroid dienone is 6. The van der Waals surface area contributed by atoms with Gasteiger partial charge in [0.25, 0.3) is 0 Å². The van der Waals surface area contributed by atoms with Crippen molar-refractivity contribution in [3.8, 4) is 0 Å². The van der Waals surface area contributed by atoms with Crippen molar-refractivity contribution in [2.75, 3.05) is 14.2 Å². The minimum atomic E-state index is 0.242. The fraction of sp³-hybridized carbons (Fsp3) is 0.667. The summed E-state index contributed by atoms with van der Waals surface area (Å²) in [4.78, 5) is 0. The molecule has 152 valence electrons. The van der Waals surface area contributed by atoms with Crippen LogP contribution in [-0.2, 0) is 9.47 Å². The van der Waals surface area contributed by atoms with E-state index in [0.29, 0.717) is 0 Å². The number of hydrogen-bond acceptors (Lipinski definition) is 2. The highest BCUT2D eigenvalue weighted by Crippen LogP contribution is 2.09. The molecule has 0 heterocycles. The zero-order valence-electron chi connectivity index (χ0n) is 19.1. The van der Waals surface area contributed by atoms with Crippen LogP contribution in [0.1, 0.15) is 81.1 Å². The Morgan fingerprint density at radius 3 is 1.19 bits per heavy atom. The highest BCUT2D eigenvalue weighted by molar-refractivity contribution is 5.05. The Morgan fingerprint density at radius 2 is 0.962 bits per heavy atom. The van der Waals surface area contributed by atoms with Crippen molar-refractivity contribution in [3.63, 3.8) is 0 Å². The van der Waals surface area contributed by atoms with E-state index in [9.17, 15) is 0 Å². The molecule has 0 aromatic rings. The minimum absolute atomic E-state index is 0.242. The molecule has 0 aliphatic carbocycles. The predicted molar refractivity (Wildman–Crippen MR) is 118 cm³/mol. The van der Waals surface area contributed by atoms with E-state index in [4.69, 9.17) is 9.47 Å². The molecule has 0 spiro atoms. The second-order valence-corrected chi connectivity index (χ2v) is 7.55. The van der Waals surface area contributed by atoms with Gasteiger partial charge in [-0.1, -0.05) is 46.6 Å². The van der Waals surface area contributed by atoms with Crippen molar-refractivity contribution in [2.45, 2.75) is 93.3 Å². The average molecular weight is 365 g/mol. The fourth-order valence-electron chi connectivity index (χ4n) is 2.28. The van der Waals surface area contributed by atoms with Gasteiger partial charge in [-0.3, -0.25) is 0 Å². The Balaban J connectivity index is 0. The van der Waals surface area contributed by atoms with E-state index in [0.717, 1.165) is 25.7 Å². The molecule has 0 bridgehead atoms. The molecule has 2 atom stereocenters. The second kappa shape index (κ2) is 17.3. The quantitative estimate of drug-likeness (QED) is 0.375. The van der Waals surface area contributed by atoms with Gasteiger partial charge in [0, 0.05) is 14.2 Å². The lowest BCUT2D eigenvalue weighted by molar-refractivity contribution is 0.155. The summed E-state index contributed by atoms with van der Waals surface area (Å²) < 4.78 is 10.3. The van der Waals surface area contributed by atoms with Gasteiger partial charge in [-0.2, -0.15) is 0 Å². The molecule has 0 N–H and O–H groups in total. The molecular weight excluding hydrogens is 320 g/mol. The molecule has 0 aromatic heterocycles. The Bertz CT molecular complexity index is 415. The molecule has 2 heteroatoms. The Morgan fingerprint density at radius 1 is 0.654 bits per heavy atom. The van der Waals surface area contributed by atoms with Gasteiger partial charge >= 0.3 is 0 Å². The maximum atomic E-state index is 5.16. The van der Waals surface area contributed by atoms with E-state index in [1.54, 1.807) is 14.2 Å². The van der Waals surface area contributed by atoms with Crippen LogP contribution in [0.2, 0.25) is 0 Å². The van der Waals surface area contributed by atoms with Crippen LogP contribution in [0, 0.1) is 0 Å². The fourth-order valence-corrected chi connectivity index (χ4v) is 2.28. The first-order valence-electron chi connectivity index (χ1n) is 9.79. The van der Waals surface area contributed by atoms with E-state index < -0.39 is 0 Å². The van der Waals surface area contributed by atoms with Gasteiger partial charge in [0.1, 0.15) is 0 Å². The summed E-state index contributed by atoms with van der Waals surface area (Å²) in [5, 5.41) is 0. The van der Waals surface area contributed by atoms with Crippen molar-refractivity contribution in [1.82, 2.24) is 0 Å². The molecule has 0 amide bonds. The van der Waals surface area contributed by atoms with Gasteiger partial charge in [0.05, 0.1) is 12.2 Å². The third-order valence-corrected chi connectivity index (χ3v) is 3.96. The zero-order valence-corrected chi connectivity index (χ0v) is 19.1. The molecule has 2 nitrogen and oxygen atoms in total. The van der Waals surface area contributed by atoms with Crippen LogP contribution in [0.25, 0.3) is 0 Å². The molecular formula is C24H44O2. The van der Waals surface area contributed by atoms with Gasteiger partial charge in [-0.05, 0) is 81.1 Å². The number of ether oxygens (including phenoxy) is 2. The van der Waals surface area contributed by atoms with Gasteiger partial charge in [-0.25, -0.2) is 0 Å². The van der Waals surface area contributed by atoms with E-state index in [-0.39, 0.29) is 12.2 Å². The zero-order chi connectivity index (χ0) is 20.5. The lowest BCUT2D eigenvalue weighted by Gasteiger charge is -2.05. The van der Waals surface area contributed by atoms with Crippen LogP contribution >= 0.6 is 0 Å². The van der Waals surface area contributed by atoms with E-state index in [2.05, 4.69) is 79.7 Å². The highest BCUT2D eigenvalue weighted by atomic mass is 16.5. The van der Waals surface area contributed by atoms with Gasteiger partial charge in [-0.15, -0.1) is 0 Å². The molecule has 0 saturated heterocycles. The van der Waals surface area contributed by atoms with Crippen molar-refractivity contribution in [3.05, 3.63) is 46.6 Å². The van der Waals surface area contributed by atoms with Crippen molar-refractivity contribution in [1.29, 1.82) is 0 Å². The highest BCUT2D eigenvalue weighted by Gasteiger charge is 1.95. The molecule has 26 heavy (non-hydrogen) atoms. The molecule has 2 unspecified atom stereocenters. The predicted octanol–water partition coefficient (Wildman–Crippen LogP) is 7.43. The molecule has 0 rings (SSSR count). The normalized spacial score (nSPS) is 14.1. The molecule has 0 aliphatic rings. The van der Waals surface area contributed by atoms with Crippen LogP contribution in [0.15, 0.2) is 46.6 Å². The van der Waals surface area contributed by atoms with Crippen LogP contribution in [-0.4, -0.2) is 26.4 Å². The lowest BCUT2D eigenvalue weighted by Crippen LogP contribution is -2.00. The summed E-state index contributed by atoms with van der Waals surface area (Å²) in [6.07, 6.45) is 13.9. The minimum Gasteiger partial charge on any atom is -0.378 e. The SMILES string of the molecule is COC(C)/C=C(/C)CCC=C(C)C.COC(C)/C=C(\C)CCC=C(C)C. The third kappa shape index (κ3) is 20.9. The summed E-state index contributed by atoms with van der Waals surface area (Å²) in [5.41, 5.74) is 5.61. The maximum absolute atomic E-state index is 5.16. The van der Waals surface area contributed by atoms with E-state index in [1.165, 1.54) is 22.3 Å². The monoisotopic (exact) mass is 364 g/mol. The first kappa shape index (κ1) is 27.1. The van der Waals surface area contributed by atoms with Crippen LogP contribution in [0.5, 0.6) is 0 Å². The summed E-state index contributed by atoms with van der Waals surface area (Å²) >= 11 is 0. The number of hydrogen-bond donors (Lipinski definition) is 0. The topological polar surface area (TPSA) is 18.5 Å². The van der Waals surface area contributed by atoms with E-state index in [1.807, 2.05) is 0 Å². The van der Waals surface area contributed by atoms with Crippen molar-refractivity contribution < 1.29 is 9.47 Å². The van der Waals surface area contributed by atoms with Crippen LogP contribution < -0.4 is 0 Å². The Kier molecular flexibility index (Phi) is 18.0. The summed E-state index contributed by atoms with van der Waals surface area (Å²) in [6, 6.07) is 0. The van der Waals surface area contributed by atoms with Gasteiger partial charge in [0.15, 0.2) is 0 Å². The molecule has 0 fully saturated rings. The Labute approximate surface area is 164 Å². The smallest absolute Gasteiger partial charge is 0.0726 e. The van der Waals surface area contributed by atoms with Crippen LogP contribution in [0.3, 0.4) is 0 Å². The molecule has 0 saturated carbocycles. The largest absolute Gasteiger partial charge is 0.378 e. The maximum Gasteiger partial charge on any atom is 0.0726 e. The standard InChI is InChI=1S/2C12H22O/c2*1-10(2)7-6-8-11(3)9-12(4)13-5/h2*7,9,12H,6,8H2,1-5H3/b11-9+;11-9-. The van der Waals surface area contributed by atoms with Crippen molar-refractivity contribution >= 4 is 0 Å². The lowest BCUT2D eigenvalue weighted by atomic mass is 10.1. The van der Waals surface area contributed by atoms with Crippen LogP contribution in [0.4, 0.5) is 0 Å². The van der Waals surface area contributed by atoms with Gasteiger partial charge in [0.2, 0.25) is 0 Å². The first-order valence-corrected chi connectivity index (χ1v) is 9.79. The summed E-state index contributed by atoms with van der Waals surface area (Å²) in [7, 11) is 3.48. The summed E-state index contributed by atoms with van der Waals surface area (Å²) in [5.74, 6) is 0. The number of methoxy groups -OCH3 is 2. The van der Waals surface area contributed by atoms with Gasteiger partial charge < -0.3 is 9.47 Å². The molecule has 0 aromatic carbocycles. The number of rotatable bonds is 10. The first-order chi connectivity index (χ1) is 12.1. The third-order valence-electron chi connectivity index (χ3n) is 3.96. The van der Waals surface area contributed by atoms with E-state index >= 15 is 0 Å². The molecule has 0 aliphatic heterocycles. The second-order valence-electron chi connectivity index (χ2n) is 7.55. The summed E-state index contributed by atoms with van der Waals surface area (Å²) in [6.45, 7) is 17.0. The molecule has 0 radical (unpaired) electrons. The van der Waals surface area contributed by atoms with Crippen molar-refractivity contribution in [2.24, 2.45) is 0 Å².